The molecule has 0 amide bonds. The van der Waals surface area contributed by atoms with Crippen LogP contribution in [0.15, 0.2) is 54.4 Å². The van der Waals surface area contributed by atoms with Crippen LogP contribution in [-0.4, -0.2) is 18.3 Å². The van der Waals surface area contributed by atoms with Crippen LogP contribution >= 0.6 is 11.3 Å². The Kier molecular flexibility index (Phi) is 1.92. The standard InChI is InChI=1S/C22H21BO2S/c1-21(2)22(3,4)25-23(24-21)18-11-7-10-16-17-13-12-14-8-5-6-9-15(14)19(17)26-20(16)18/h5-13H,1-4H3/i5D,6D,7D,8D,9D,10D,11D,12D,13D. The van der Waals surface area contributed by atoms with E-state index in [1.54, 1.807) is 0 Å². The zero-order valence-electron chi connectivity index (χ0n) is 23.8. The number of hydrogen-bond donors (Lipinski definition) is 0. The van der Waals surface area contributed by atoms with Crippen molar-refractivity contribution >= 4 is 54.9 Å². The number of benzene rings is 3. The molecule has 0 atom stereocenters. The van der Waals surface area contributed by atoms with Crippen LogP contribution < -0.4 is 5.46 Å². The summed E-state index contributed by atoms with van der Waals surface area (Å²) in [6.07, 6.45) is 0. The van der Waals surface area contributed by atoms with Gasteiger partial charge in [0.2, 0.25) is 0 Å². The average Bonchev–Trinajstić information content (AvgIpc) is 3.25. The molecule has 4 aromatic rings. The van der Waals surface area contributed by atoms with Crippen LogP contribution in [-0.2, 0) is 9.31 Å². The zero-order chi connectivity index (χ0) is 25.9. The normalized spacial score (nSPS) is 23.8. The maximum Gasteiger partial charge on any atom is 0.496 e. The summed E-state index contributed by atoms with van der Waals surface area (Å²) in [6.45, 7) is 7.43. The summed E-state index contributed by atoms with van der Waals surface area (Å²) < 4.78 is 89.0. The Bertz CT molecular complexity index is 1600. The highest BCUT2D eigenvalue weighted by molar-refractivity contribution is 7.28. The lowest BCUT2D eigenvalue weighted by atomic mass is 9.78. The van der Waals surface area contributed by atoms with Crippen LogP contribution in [0.25, 0.3) is 30.9 Å². The number of fused-ring (bicyclic) bond motifs is 5. The SMILES string of the molecule is [2H]c1c([2H])c([2H])c2c(sc3c4c([2H])c([2H])c([2H])c([2H])c4c([2H])c([2H])c32)c1B1OC(C)(C)C(C)(C)O1. The first-order chi connectivity index (χ1) is 16.1. The maximum atomic E-state index is 8.70. The highest BCUT2D eigenvalue weighted by Crippen LogP contribution is 2.40. The number of rotatable bonds is 1. The molecule has 26 heavy (non-hydrogen) atoms. The molecule has 0 aliphatic carbocycles. The molecule has 4 heteroatoms. The first-order valence-electron chi connectivity index (χ1n) is 12.8. The Morgan fingerprint density at radius 2 is 1.42 bits per heavy atom. The minimum atomic E-state index is -1.02. The largest absolute Gasteiger partial charge is 0.496 e. The molecule has 1 aromatic heterocycles. The second-order valence-electron chi connectivity index (χ2n) is 7.39. The van der Waals surface area contributed by atoms with Crippen molar-refractivity contribution in [2.75, 3.05) is 0 Å². The molecule has 1 fully saturated rings. The van der Waals surface area contributed by atoms with E-state index in [-0.39, 0.29) is 63.3 Å². The molecule has 130 valence electrons. The summed E-state index contributed by atoms with van der Waals surface area (Å²) in [6, 6.07) is -3.27. The van der Waals surface area contributed by atoms with E-state index in [4.69, 9.17) is 21.6 Å². The lowest BCUT2D eigenvalue weighted by Crippen LogP contribution is -2.41. The summed E-state index contributed by atoms with van der Waals surface area (Å²) in [4.78, 5) is 0. The number of hydrogen-bond acceptors (Lipinski definition) is 3. The predicted octanol–water partition coefficient (Wildman–Crippen LogP) is 5.51. The lowest BCUT2D eigenvalue weighted by molar-refractivity contribution is 0.00578. The van der Waals surface area contributed by atoms with Crippen molar-refractivity contribution in [3.63, 3.8) is 0 Å². The molecule has 0 radical (unpaired) electrons. The third-order valence-corrected chi connectivity index (χ3v) is 6.49. The van der Waals surface area contributed by atoms with E-state index >= 15 is 0 Å². The first kappa shape index (κ1) is 9.36. The van der Waals surface area contributed by atoms with Gasteiger partial charge in [-0.05, 0) is 43.9 Å². The summed E-state index contributed by atoms with van der Waals surface area (Å²) in [5.74, 6) is 0. The molecule has 3 aromatic carbocycles. The minimum Gasteiger partial charge on any atom is -0.399 e. The van der Waals surface area contributed by atoms with Gasteiger partial charge in [0.05, 0.1) is 23.5 Å². The van der Waals surface area contributed by atoms with Gasteiger partial charge in [0.1, 0.15) is 0 Å². The third kappa shape index (κ3) is 2.19. The zero-order valence-corrected chi connectivity index (χ0v) is 15.6. The molecule has 5 rings (SSSR count). The Labute approximate surface area is 170 Å². The minimum absolute atomic E-state index is 0.0686. The van der Waals surface area contributed by atoms with Gasteiger partial charge < -0.3 is 9.31 Å². The van der Waals surface area contributed by atoms with E-state index < -0.39 is 36.4 Å². The van der Waals surface area contributed by atoms with Crippen molar-refractivity contribution in [2.24, 2.45) is 0 Å². The van der Waals surface area contributed by atoms with Crippen LogP contribution in [0.4, 0.5) is 0 Å². The van der Waals surface area contributed by atoms with Crippen LogP contribution in [0.2, 0.25) is 0 Å². The van der Waals surface area contributed by atoms with Crippen LogP contribution in [0.1, 0.15) is 40.0 Å². The van der Waals surface area contributed by atoms with E-state index in [1.807, 2.05) is 27.7 Å². The van der Waals surface area contributed by atoms with Gasteiger partial charge in [0, 0.05) is 20.2 Å². The second kappa shape index (κ2) is 5.32. The van der Waals surface area contributed by atoms with Gasteiger partial charge in [-0.25, -0.2) is 0 Å². The van der Waals surface area contributed by atoms with Gasteiger partial charge in [0.25, 0.3) is 0 Å². The van der Waals surface area contributed by atoms with Gasteiger partial charge in [-0.2, -0.15) is 0 Å². The molecule has 1 aliphatic rings. The fourth-order valence-electron chi connectivity index (χ4n) is 3.08. The smallest absolute Gasteiger partial charge is 0.399 e. The molecule has 0 N–H and O–H groups in total. The molecular weight excluding hydrogens is 339 g/mol. The van der Waals surface area contributed by atoms with Gasteiger partial charge >= 0.3 is 7.12 Å². The van der Waals surface area contributed by atoms with Crippen molar-refractivity contribution in [3.05, 3.63) is 54.4 Å². The quantitative estimate of drug-likeness (QED) is 0.412. The van der Waals surface area contributed by atoms with Crippen LogP contribution in [0.3, 0.4) is 0 Å². The Morgan fingerprint density at radius 1 is 0.769 bits per heavy atom. The highest BCUT2D eigenvalue weighted by Gasteiger charge is 2.52. The van der Waals surface area contributed by atoms with E-state index in [0.29, 0.717) is 9.40 Å². The van der Waals surface area contributed by atoms with E-state index in [1.165, 1.54) is 0 Å². The topological polar surface area (TPSA) is 18.5 Å². The number of thiophene rings is 1. The average molecular weight is 369 g/mol. The molecule has 1 aliphatic heterocycles. The molecule has 2 nitrogen and oxygen atoms in total. The Morgan fingerprint density at radius 3 is 2.19 bits per heavy atom. The van der Waals surface area contributed by atoms with Gasteiger partial charge in [-0.3, -0.25) is 0 Å². The summed E-state index contributed by atoms with van der Waals surface area (Å²) in [5, 5.41) is 0.360. The Balaban J connectivity index is 2.02. The van der Waals surface area contributed by atoms with Crippen molar-refractivity contribution in [2.45, 2.75) is 38.9 Å². The van der Waals surface area contributed by atoms with Crippen molar-refractivity contribution in [1.29, 1.82) is 0 Å². The summed E-state index contributed by atoms with van der Waals surface area (Å²) in [7, 11) is -1.02. The molecular formula is C22H21BO2S. The maximum absolute atomic E-state index is 8.70. The molecule has 0 bridgehead atoms. The van der Waals surface area contributed by atoms with E-state index in [9.17, 15) is 0 Å². The van der Waals surface area contributed by atoms with E-state index in [0.717, 1.165) is 11.3 Å². The fraction of sp³-hybridized carbons (Fsp3) is 0.273. The highest BCUT2D eigenvalue weighted by atomic mass is 32.1. The molecule has 2 heterocycles. The predicted molar refractivity (Wildman–Crippen MR) is 113 cm³/mol. The van der Waals surface area contributed by atoms with Crippen molar-refractivity contribution in [1.82, 2.24) is 0 Å². The molecule has 0 saturated carbocycles. The van der Waals surface area contributed by atoms with Crippen LogP contribution in [0, 0.1) is 0 Å². The molecule has 0 unspecified atom stereocenters. The lowest BCUT2D eigenvalue weighted by Gasteiger charge is -2.32. The Hall–Kier alpha value is -1.88. The summed E-state index contributed by atoms with van der Waals surface area (Å²) >= 11 is 1.07. The van der Waals surface area contributed by atoms with Crippen LogP contribution in [0.5, 0.6) is 0 Å². The van der Waals surface area contributed by atoms with Gasteiger partial charge in [0.15, 0.2) is 0 Å². The third-order valence-electron chi connectivity index (χ3n) is 5.25. The first-order valence-corrected chi connectivity index (χ1v) is 9.14. The van der Waals surface area contributed by atoms with Crippen molar-refractivity contribution in [3.8, 4) is 0 Å². The fourth-order valence-corrected chi connectivity index (χ4v) is 4.31. The summed E-state index contributed by atoms with van der Waals surface area (Å²) in [5.41, 5.74) is -1.22. The molecule has 0 spiro atoms. The second-order valence-corrected chi connectivity index (χ2v) is 8.41. The van der Waals surface area contributed by atoms with Gasteiger partial charge in [-0.1, -0.05) is 54.4 Å². The van der Waals surface area contributed by atoms with Crippen molar-refractivity contribution < 1.29 is 21.6 Å². The molecule has 1 saturated heterocycles. The van der Waals surface area contributed by atoms with E-state index in [2.05, 4.69) is 0 Å². The monoisotopic (exact) mass is 369 g/mol. The van der Waals surface area contributed by atoms with Gasteiger partial charge in [-0.15, -0.1) is 11.3 Å².